The van der Waals surface area contributed by atoms with Gasteiger partial charge < -0.3 is 4.57 Å². The normalized spacial score (nSPS) is 10.8. The second-order valence-corrected chi connectivity index (χ2v) is 4.15. The van der Waals surface area contributed by atoms with Crippen molar-refractivity contribution in [3.8, 4) is 0 Å². The highest BCUT2D eigenvalue weighted by Gasteiger charge is 2.09. The smallest absolute Gasteiger partial charge is 0.274 e. The molecule has 2 aromatic rings. The molecule has 0 aromatic carbocycles. The van der Waals surface area contributed by atoms with E-state index in [-0.39, 0.29) is 15.7 Å². The van der Waals surface area contributed by atoms with E-state index in [0.717, 1.165) is 12.4 Å². The summed E-state index contributed by atoms with van der Waals surface area (Å²) in [5.41, 5.74) is -0.364. The van der Waals surface area contributed by atoms with E-state index in [2.05, 4.69) is 9.97 Å². The van der Waals surface area contributed by atoms with Crippen LogP contribution in [0, 0.1) is 0 Å². The fourth-order valence-corrected chi connectivity index (χ4v) is 1.77. The average Bonchev–Trinajstić information content (AvgIpc) is 2.77. The molecule has 5 nitrogen and oxygen atoms in total. The number of rotatable bonds is 3. The average molecular weight is 273 g/mol. The molecular formula is C10H10Cl2N4O. The van der Waals surface area contributed by atoms with Crippen LogP contribution in [-0.2, 0) is 13.1 Å². The molecule has 0 unspecified atom stereocenters. The maximum atomic E-state index is 11.8. The van der Waals surface area contributed by atoms with Crippen LogP contribution in [0.2, 0.25) is 10.2 Å². The summed E-state index contributed by atoms with van der Waals surface area (Å²) >= 11 is 11.4. The molecule has 0 N–H and O–H groups in total. The Morgan fingerprint density at radius 3 is 2.76 bits per heavy atom. The molecule has 17 heavy (non-hydrogen) atoms. The van der Waals surface area contributed by atoms with Crippen molar-refractivity contribution in [2.75, 3.05) is 0 Å². The van der Waals surface area contributed by atoms with E-state index in [1.165, 1.54) is 10.9 Å². The zero-order valence-electron chi connectivity index (χ0n) is 9.10. The Labute approximate surface area is 108 Å². The van der Waals surface area contributed by atoms with Gasteiger partial charge in [0.05, 0.1) is 12.9 Å². The van der Waals surface area contributed by atoms with Crippen LogP contribution in [0.15, 0.2) is 23.5 Å². The second kappa shape index (κ2) is 4.89. The van der Waals surface area contributed by atoms with Gasteiger partial charge in [-0.1, -0.05) is 23.2 Å². The molecule has 7 heteroatoms. The molecule has 2 rings (SSSR count). The lowest BCUT2D eigenvalue weighted by Crippen LogP contribution is -2.23. The zero-order valence-corrected chi connectivity index (χ0v) is 10.6. The highest BCUT2D eigenvalue weighted by atomic mass is 35.5. The van der Waals surface area contributed by atoms with Crippen molar-refractivity contribution in [3.63, 3.8) is 0 Å². The zero-order chi connectivity index (χ0) is 12.4. The molecule has 0 aliphatic carbocycles. The van der Waals surface area contributed by atoms with Gasteiger partial charge in [0.2, 0.25) is 0 Å². The molecule has 0 bridgehead atoms. The molecule has 0 aliphatic heterocycles. The lowest BCUT2D eigenvalue weighted by molar-refractivity contribution is 0.631. The summed E-state index contributed by atoms with van der Waals surface area (Å²) in [7, 11) is 0. The minimum Gasteiger partial charge on any atom is -0.334 e. The highest BCUT2D eigenvalue weighted by molar-refractivity contribution is 6.40. The van der Waals surface area contributed by atoms with Crippen LogP contribution in [0.1, 0.15) is 12.7 Å². The molecule has 0 spiro atoms. The predicted octanol–water partition coefficient (Wildman–Crippen LogP) is 1.81. The monoisotopic (exact) mass is 272 g/mol. The van der Waals surface area contributed by atoms with Gasteiger partial charge in [-0.25, -0.2) is 9.97 Å². The number of hydrogen-bond donors (Lipinski definition) is 0. The first-order valence-electron chi connectivity index (χ1n) is 5.04. The van der Waals surface area contributed by atoms with Crippen LogP contribution in [0.5, 0.6) is 0 Å². The summed E-state index contributed by atoms with van der Waals surface area (Å²) in [5.74, 6) is 0.773. The molecule has 2 heterocycles. The summed E-state index contributed by atoms with van der Waals surface area (Å²) in [4.78, 5) is 19.8. The summed E-state index contributed by atoms with van der Waals surface area (Å²) < 4.78 is 3.32. The van der Waals surface area contributed by atoms with Crippen LogP contribution in [0.3, 0.4) is 0 Å². The summed E-state index contributed by atoms with van der Waals surface area (Å²) in [6.45, 7) is 3.11. The van der Waals surface area contributed by atoms with Crippen molar-refractivity contribution < 1.29 is 0 Å². The van der Waals surface area contributed by atoms with Gasteiger partial charge in [-0.3, -0.25) is 9.36 Å². The van der Waals surface area contributed by atoms with Crippen LogP contribution in [0.4, 0.5) is 0 Å². The molecular weight excluding hydrogens is 263 g/mol. The number of aryl methyl sites for hydroxylation is 1. The molecule has 0 atom stereocenters. The standard InChI is InChI=1S/C10H10Cl2N4O/c1-2-15-4-3-13-7(15)5-16-6-14-9(12)8(11)10(16)17/h3-4,6H,2,5H2,1H3. The fraction of sp³-hybridized carbons (Fsp3) is 0.300. The Morgan fingerprint density at radius 1 is 1.29 bits per heavy atom. The lowest BCUT2D eigenvalue weighted by atomic mass is 10.5. The molecule has 0 fully saturated rings. The Bertz CT molecular complexity index is 590. The number of aromatic nitrogens is 4. The Balaban J connectivity index is 2.37. The second-order valence-electron chi connectivity index (χ2n) is 3.41. The van der Waals surface area contributed by atoms with E-state index in [0.29, 0.717) is 6.54 Å². The number of nitrogens with zero attached hydrogens (tertiary/aromatic N) is 4. The maximum Gasteiger partial charge on any atom is 0.274 e. The third-order valence-corrected chi connectivity index (χ3v) is 3.12. The SMILES string of the molecule is CCn1ccnc1Cn1cnc(Cl)c(Cl)c1=O. The van der Waals surface area contributed by atoms with Crippen LogP contribution < -0.4 is 5.56 Å². The Morgan fingerprint density at radius 2 is 2.06 bits per heavy atom. The third-order valence-electron chi connectivity index (χ3n) is 2.39. The lowest BCUT2D eigenvalue weighted by Gasteiger charge is -2.07. The van der Waals surface area contributed by atoms with Crippen molar-refractivity contribution >= 4 is 23.2 Å². The first-order valence-corrected chi connectivity index (χ1v) is 5.79. The molecule has 0 amide bonds. The van der Waals surface area contributed by atoms with Crippen molar-refractivity contribution in [2.45, 2.75) is 20.0 Å². The molecule has 0 aliphatic rings. The van der Waals surface area contributed by atoms with Crippen molar-refractivity contribution in [2.24, 2.45) is 0 Å². The van der Waals surface area contributed by atoms with E-state index >= 15 is 0 Å². The topological polar surface area (TPSA) is 52.7 Å². The van der Waals surface area contributed by atoms with Crippen LogP contribution >= 0.6 is 23.2 Å². The van der Waals surface area contributed by atoms with Crippen molar-refractivity contribution in [3.05, 3.63) is 45.1 Å². The number of imidazole rings is 1. The van der Waals surface area contributed by atoms with Gasteiger partial charge in [0.15, 0.2) is 5.15 Å². The predicted molar refractivity (Wildman–Crippen MR) is 65.5 cm³/mol. The largest absolute Gasteiger partial charge is 0.334 e. The van der Waals surface area contributed by atoms with Gasteiger partial charge in [0.1, 0.15) is 10.8 Å². The van der Waals surface area contributed by atoms with E-state index in [1.54, 1.807) is 6.20 Å². The first-order chi connectivity index (χ1) is 8.13. The van der Waals surface area contributed by atoms with E-state index in [9.17, 15) is 4.79 Å². The van der Waals surface area contributed by atoms with Gasteiger partial charge in [0.25, 0.3) is 5.56 Å². The van der Waals surface area contributed by atoms with Crippen LogP contribution in [-0.4, -0.2) is 19.1 Å². The van der Waals surface area contributed by atoms with Gasteiger partial charge >= 0.3 is 0 Å². The van der Waals surface area contributed by atoms with Gasteiger partial charge in [0, 0.05) is 18.9 Å². The van der Waals surface area contributed by atoms with E-state index in [4.69, 9.17) is 23.2 Å². The first kappa shape index (κ1) is 12.1. The van der Waals surface area contributed by atoms with E-state index in [1.807, 2.05) is 17.7 Å². The summed E-state index contributed by atoms with van der Waals surface area (Å²) in [6.07, 6.45) is 4.91. The molecule has 2 aromatic heterocycles. The van der Waals surface area contributed by atoms with Gasteiger partial charge in [-0.05, 0) is 6.92 Å². The Hall–Kier alpha value is -1.33. The summed E-state index contributed by atoms with van der Waals surface area (Å²) in [5, 5.41) is -0.0458. The number of halogens is 2. The molecule has 0 radical (unpaired) electrons. The van der Waals surface area contributed by atoms with Crippen molar-refractivity contribution in [1.29, 1.82) is 0 Å². The van der Waals surface area contributed by atoms with E-state index < -0.39 is 0 Å². The highest BCUT2D eigenvalue weighted by Crippen LogP contribution is 2.13. The number of hydrogen-bond acceptors (Lipinski definition) is 3. The fourth-order valence-electron chi connectivity index (χ4n) is 1.49. The minimum atomic E-state index is -0.364. The van der Waals surface area contributed by atoms with Gasteiger partial charge in [-0.2, -0.15) is 0 Å². The van der Waals surface area contributed by atoms with Crippen molar-refractivity contribution in [1.82, 2.24) is 19.1 Å². The van der Waals surface area contributed by atoms with Crippen LogP contribution in [0.25, 0.3) is 0 Å². The molecule has 0 saturated carbocycles. The molecule has 0 saturated heterocycles. The Kier molecular flexibility index (Phi) is 3.49. The quantitative estimate of drug-likeness (QED) is 0.801. The maximum absolute atomic E-state index is 11.8. The third kappa shape index (κ3) is 2.35. The summed E-state index contributed by atoms with van der Waals surface area (Å²) in [6, 6.07) is 0. The minimum absolute atomic E-state index is 0.0201. The van der Waals surface area contributed by atoms with Gasteiger partial charge in [-0.15, -0.1) is 0 Å². The molecule has 90 valence electrons.